The first kappa shape index (κ1) is 24.7. The van der Waals surface area contributed by atoms with Gasteiger partial charge in [-0.3, -0.25) is 9.59 Å². The zero-order chi connectivity index (χ0) is 26.1. The van der Waals surface area contributed by atoms with Crippen LogP contribution in [0.4, 0.5) is 5.69 Å². The second-order valence-electron chi connectivity index (χ2n) is 10.2. The maximum Gasteiger partial charge on any atom is 0.256 e. The number of anilines is 1. The van der Waals surface area contributed by atoms with E-state index < -0.39 is 0 Å². The number of aryl methyl sites for hydroxylation is 2. The molecule has 2 aromatic heterocycles. The van der Waals surface area contributed by atoms with Crippen LogP contribution in [0.3, 0.4) is 0 Å². The van der Waals surface area contributed by atoms with Gasteiger partial charge in [-0.25, -0.2) is 9.97 Å². The second-order valence-corrected chi connectivity index (χ2v) is 10.2. The molecule has 2 aromatic carbocycles. The summed E-state index contributed by atoms with van der Waals surface area (Å²) in [5.74, 6) is 1.37. The van der Waals surface area contributed by atoms with Gasteiger partial charge in [0.05, 0.1) is 22.6 Å². The fraction of sp³-hybridized carbons (Fsp3) is 0.379. The molecule has 192 valence electrons. The van der Waals surface area contributed by atoms with Crippen molar-refractivity contribution in [2.75, 3.05) is 11.9 Å². The molecule has 1 saturated heterocycles. The summed E-state index contributed by atoms with van der Waals surface area (Å²) < 4.78 is 4.10. The third-order valence-electron chi connectivity index (χ3n) is 7.16. The highest BCUT2D eigenvalue weighted by atomic mass is 16.2. The Morgan fingerprint density at radius 1 is 1.14 bits per heavy atom. The van der Waals surface area contributed by atoms with Crippen LogP contribution in [0.1, 0.15) is 66.7 Å². The molecule has 37 heavy (non-hydrogen) atoms. The molecule has 0 radical (unpaired) electrons. The highest BCUT2D eigenvalue weighted by molar-refractivity contribution is 6.08. The van der Waals surface area contributed by atoms with E-state index in [0.717, 1.165) is 42.0 Å². The monoisotopic (exact) mass is 498 g/mol. The van der Waals surface area contributed by atoms with Crippen molar-refractivity contribution in [3.63, 3.8) is 0 Å². The van der Waals surface area contributed by atoms with Gasteiger partial charge in [0.1, 0.15) is 11.6 Å². The zero-order valence-electron chi connectivity index (χ0n) is 21.9. The van der Waals surface area contributed by atoms with Crippen LogP contribution in [0.25, 0.3) is 11.0 Å². The predicted octanol–water partition coefficient (Wildman–Crippen LogP) is 5.09. The molecule has 0 bridgehead atoms. The number of fused-ring (bicyclic) bond motifs is 1. The summed E-state index contributed by atoms with van der Waals surface area (Å²) in [6.07, 6.45) is 6.57. The van der Waals surface area contributed by atoms with E-state index >= 15 is 0 Å². The lowest BCUT2D eigenvalue weighted by molar-refractivity contribution is -0.118. The fourth-order valence-corrected chi connectivity index (χ4v) is 5.16. The Kier molecular flexibility index (Phi) is 6.82. The molecule has 1 fully saturated rings. The molecule has 4 aromatic rings. The largest absolute Gasteiger partial charge is 0.336 e. The Bertz CT molecular complexity index is 1440. The number of hydrogen-bond acceptors (Lipinski definition) is 4. The molecule has 8 heteroatoms. The molecule has 1 N–H and O–H groups in total. The summed E-state index contributed by atoms with van der Waals surface area (Å²) in [5, 5.41) is 2.98. The summed E-state index contributed by atoms with van der Waals surface area (Å²) in [7, 11) is 1.97. The van der Waals surface area contributed by atoms with Crippen molar-refractivity contribution in [2.24, 2.45) is 13.0 Å². The van der Waals surface area contributed by atoms with Crippen molar-refractivity contribution in [3.8, 4) is 0 Å². The number of nitrogens with zero attached hydrogens (tertiary/aromatic N) is 5. The van der Waals surface area contributed by atoms with E-state index in [-0.39, 0.29) is 23.8 Å². The number of piperidine rings is 1. The Morgan fingerprint density at radius 3 is 2.62 bits per heavy atom. The van der Waals surface area contributed by atoms with Crippen LogP contribution in [0.15, 0.2) is 54.9 Å². The SMILES string of the molecule is Cc1nc2cc(NC(=O)C(C)C)cc(C(=O)N3CCCC[C@H]3c3nccn3C)c2n1Cc1ccccc1. The van der Waals surface area contributed by atoms with E-state index in [9.17, 15) is 9.59 Å². The standard InChI is InChI=1S/C29H34N6O2/c1-19(2)28(36)32-22-16-23(29(37)34-14-9-8-12-25(34)27-30-13-15-33(27)4)26-24(17-22)31-20(3)35(26)18-21-10-6-5-7-11-21/h5-7,10-11,13,15-17,19,25H,8-9,12,14,18H2,1-4H3,(H,32,36)/t25-/m0/s1. The van der Waals surface area contributed by atoms with Gasteiger partial charge in [0.25, 0.3) is 5.91 Å². The Morgan fingerprint density at radius 2 is 1.92 bits per heavy atom. The molecule has 0 spiro atoms. The summed E-state index contributed by atoms with van der Waals surface area (Å²) in [4.78, 5) is 38.2. The molecular weight excluding hydrogens is 464 g/mol. The molecule has 1 aliphatic rings. The van der Waals surface area contributed by atoms with E-state index in [1.165, 1.54) is 0 Å². The van der Waals surface area contributed by atoms with Crippen molar-refractivity contribution in [3.05, 3.63) is 77.6 Å². The van der Waals surface area contributed by atoms with E-state index in [4.69, 9.17) is 4.98 Å². The van der Waals surface area contributed by atoms with Gasteiger partial charge in [0.2, 0.25) is 5.91 Å². The third kappa shape index (κ3) is 4.88. The van der Waals surface area contributed by atoms with Gasteiger partial charge >= 0.3 is 0 Å². The molecular formula is C29H34N6O2. The molecule has 3 heterocycles. The average Bonchev–Trinajstić information content (AvgIpc) is 3.46. The number of carbonyl (C=O) groups is 2. The number of likely N-dealkylation sites (tertiary alicyclic amines) is 1. The predicted molar refractivity (Wildman–Crippen MR) is 144 cm³/mol. The molecule has 2 amide bonds. The lowest BCUT2D eigenvalue weighted by atomic mass is 9.99. The van der Waals surface area contributed by atoms with Crippen molar-refractivity contribution in [1.29, 1.82) is 0 Å². The van der Waals surface area contributed by atoms with Gasteiger partial charge in [-0.1, -0.05) is 44.2 Å². The number of benzene rings is 2. The number of aromatic nitrogens is 4. The Labute approximate surface area is 217 Å². The highest BCUT2D eigenvalue weighted by Gasteiger charge is 2.33. The smallest absolute Gasteiger partial charge is 0.256 e. The number of hydrogen-bond donors (Lipinski definition) is 1. The first-order chi connectivity index (χ1) is 17.8. The van der Waals surface area contributed by atoms with Gasteiger partial charge in [0, 0.05) is 44.1 Å². The van der Waals surface area contributed by atoms with Crippen molar-refractivity contribution in [1.82, 2.24) is 24.0 Å². The van der Waals surface area contributed by atoms with Crippen molar-refractivity contribution < 1.29 is 9.59 Å². The number of nitrogens with one attached hydrogen (secondary N) is 1. The zero-order valence-corrected chi connectivity index (χ0v) is 21.9. The highest BCUT2D eigenvalue weighted by Crippen LogP contribution is 2.34. The van der Waals surface area contributed by atoms with Gasteiger partial charge < -0.3 is 19.4 Å². The van der Waals surface area contributed by atoms with Gasteiger partial charge in [0.15, 0.2) is 0 Å². The second kappa shape index (κ2) is 10.2. The third-order valence-corrected chi connectivity index (χ3v) is 7.16. The van der Waals surface area contributed by atoms with Crippen LogP contribution in [0.2, 0.25) is 0 Å². The summed E-state index contributed by atoms with van der Waals surface area (Å²) in [6, 6.07) is 13.8. The molecule has 0 saturated carbocycles. The van der Waals surface area contributed by atoms with E-state index in [1.807, 2.05) is 73.8 Å². The maximum atomic E-state index is 14.4. The van der Waals surface area contributed by atoms with Crippen LogP contribution < -0.4 is 5.32 Å². The number of amides is 2. The van der Waals surface area contributed by atoms with Crippen LogP contribution in [-0.4, -0.2) is 42.4 Å². The maximum absolute atomic E-state index is 14.4. The molecule has 1 atom stereocenters. The first-order valence-corrected chi connectivity index (χ1v) is 13.0. The minimum atomic E-state index is -0.179. The fourth-order valence-electron chi connectivity index (χ4n) is 5.16. The van der Waals surface area contributed by atoms with E-state index in [0.29, 0.717) is 29.9 Å². The van der Waals surface area contributed by atoms with Crippen LogP contribution in [0, 0.1) is 12.8 Å². The minimum Gasteiger partial charge on any atom is -0.336 e. The van der Waals surface area contributed by atoms with Gasteiger partial charge in [-0.15, -0.1) is 0 Å². The Balaban J connectivity index is 1.64. The van der Waals surface area contributed by atoms with Gasteiger partial charge in [-0.2, -0.15) is 0 Å². The summed E-state index contributed by atoms with van der Waals surface area (Å²) in [6.45, 7) is 6.92. The van der Waals surface area contributed by atoms with Crippen LogP contribution in [0.5, 0.6) is 0 Å². The van der Waals surface area contributed by atoms with E-state index in [2.05, 4.69) is 27.0 Å². The van der Waals surface area contributed by atoms with Crippen LogP contribution >= 0.6 is 0 Å². The normalized spacial score (nSPS) is 15.9. The number of carbonyl (C=O) groups excluding carboxylic acids is 2. The Hall–Kier alpha value is -3.94. The molecule has 0 unspecified atom stereocenters. The average molecular weight is 499 g/mol. The van der Waals surface area contributed by atoms with Crippen molar-refractivity contribution in [2.45, 2.75) is 52.6 Å². The molecule has 5 rings (SSSR count). The van der Waals surface area contributed by atoms with Crippen molar-refractivity contribution >= 4 is 28.5 Å². The lowest BCUT2D eigenvalue weighted by Crippen LogP contribution is -2.39. The summed E-state index contributed by atoms with van der Waals surface area (Å²) in [5.41, 5.74) is 3.75. The topological polar surface area (TPSA) is 85.1 Å². The molecule has 1 aliphatic heterocycles. The minimum absolute atomic E-state index is 0.0624. The number of rotatable bonds is 6. The molecule has 0 aliphatic carbocycles. The van der Waals surface area contributed by atoms with Crippen LogP contribution in [-0.2, 0) is 18.4 Å². The van der Waals surface area contributed by atoms with E-state index in [1.54, 1.807) is 6.20 Å². The quantitative estimate of drug-likeness (QED) is 0.401. The van der Waals surface area contributed by atoms with Gasteiger partial charge in [-0.05, 0) is 43.9 Å². The summed E-state index contributed by atoms with van der Waals surface area (Å²) >= 11 is 0. The lowest BCUT2D eigenvalue weighted by Gasteiger charge is -2.35. The first-order valence-electron chi connectivity index (χ1n) is 13.0. The number of imidazole rings is 2. The molecule has 8 nitrogen and oxygen atoms in total.